The van der Waals surface area contributed by atoms with Crippen molar-refractivity contribution in [2.24, 2.45) is 11.5 Å². The predicted molar refractivity (Wildman–Crippen MR) is 88.3 cm³/mol. The summed E-state index contributed by atoms with van der Waals surface area (Å²) in [6.45, 7) is 8.78. The van der Waals surface area contributed by atoms with Gasteiger partial charge in [0.1, 0.15) is 0 Å². The van der Waals surface area contributed by atoms with Gasteiger partial charge in [-0.1, -0.05) is 39.3 Å². The Morgan fingerprint density at radius 1 is 1.18 bits per heavy atom. The number of carboxylic acid groups (broad SMARTS) is 1. The third-order valence-electron chi connectivity index (χ3n) is 2.96. The third kappa shape index (κ3) is 16.4. The van der Waals surface area contributed by atoms with Gasteiger partial charge in [-0.2, -0.15) is 0 Å². The van der Waals surface area contributed by atoms with Gasteiger partial charge in [-0.05, 0) is 19.3 Å². The molecule has 6 nitrogen and oxygen atoms in total. The van der Waals surface area contributed by atoms with Crippen LogP contribution in [0, 0.1) is 0 Å². The lowest BCUT2D eigenvalue weighted by atomic mass is 9.92. The first-order valence-electron chi connectivity index (χ1n) is 7.54. The van der Waals surface area contributed by atoms with Crippen LogP contribution in [0.3, 0.4) is 0 Å². The van der Waals surface area contributed by atoms with E-state index in [1.165, 1.54) is 18.9 Å². The Bertz CT molecular complexity index is 322. The molecule has 0 bridgehead atoms. The van der Waals surface area contributed by atoms with E-state index in [9.17, 15) is 9.59 Å². The monoisotopic (exact) mass is 314 g/mol. The van der Waals surface area contributed by atoms with Crippen LogP contribution in [0.1, 0.15) is 45.4 Å². The van der Waals surface area contributed by atoms with Gasteiger partial charge in [0.25, 0.3) is 0 Å². The lowest BCUT2D eigenvalue weighted by Crippen LogP contribution is -2.43. The summed E-state index contributed by atoms with van der Waals surface area (Å²) in [6, 6.07) is 0.562. The third-order valence-corrected chi connectivity index (χ3v) is 2.96. The molecule has 1 aliphatic carbocycles. The van der Waals surface area contributed by atoms with Crippen LogP contribution in [0.15, 0.2) is 25.3 Å². The van der Waals surface area contributed by atoms with Crippen LogP contribution in [0.4, 0.5) is 0 Å². The Labute approximate surface area is 133 Å². The van der Waals surface area contributed by atoms with Gasteiger partial charge >= 0.3 is 11.9 Å². The minimum atomic E-state index is -0.981. The molecule has 1 saturated carbocycles. The SMILES string of the molecule is C=CC(=O)O.C=CC(=O)OCCCC.NC1CCCCC1N. The Morgan fingerprint density at radius 3 is 1.91 bits per heavy atom. The van der Waals surface area contributed by atoms with E-state index in [1.54, 1.807) is 0 Å². The summed E-state index contributed by atoms with van der Waals surface area (Å²) in [5.74, 6) is -1.31. The Balaban J connectivity index is 0. The van der Waals surface area contributed by atoms with Gasteiger partial charge in [0.15, 0.2) is 0 Å². The zero-order valence-corrected chi connectivity index (χ0v) is 13.5. The van der Waals surface area contributed by atoms with Crippen molar-refractivity contribution < 1.29 is 19.4 Å². The van der Waals surface area contributed by atoms with E-state index in [0.717, 1.165) is 31.8 Å². The van der Waals surface area contributed by atoms with Crippen molar-refractivity contribution in [3.63, 3.8) is 0 Å². The number of rotatable bonds is 5. The van der Waals surface area contributed by atoms with E-state index in [1.807, 2.05) is 6.92 Å². The van der Waals surface area contributed by atoms with Crippen molar-refractivity contribution in [1.82, 2.24) is 0 Å². The van der Waals surface area contributed by atoms with Crippen LogP contribution in [0.2, 0.25) is 0 Å². The van der Waals surface area contributed by atoms with Crippen LogP contribution in [0.25, 0.3) is 0 Å². The van der Waals surface area contributed by atoms with Gasteiger partial charge in [0.2, 0.25) is 0 Å². The maximum Gasteiger partial charge on any atom is 0.330 e. The highest BCUT2D eigenvalue weighted by atomic mass is 16.5. The molecule has 128 valence electrons. The fourth-order valence-electron chi connectivity index (χ4n) is 1.56. The Morgan fingerprint density at radius 2 is 1.64 bits per heavy atom. The average Bonchev–Trinajstić information content (AvgIpc) is 2.51. The fourth-order valence-corrected chi connectivity index (χ4v) is 1.56. The lowest BCUT2D eigenvalue weighted by molar-refractivity contribution is -0.137. The molecule has 2 atom stereocenters. The molecule has 22 heavy (non-hydrogen) atoms. The van der Waals surface area contributed by atoms with Crippen molar-refractivity contribution in [3.05, 3.63) is 25.3 Å². The average molecular weight is 314 g/mol. The molecular formula is C16H30N2O4. The number of carbonyl (C=O) groups excluding carboxylic acids is 1. The number of ether oxygens (including phenoxy) is 1. The number of hydrogen-bond donors (Lipinski definition) is 3. The van der Waals surface area contributed by atoms with Crippen LogP contribution in [0.5, 0.6) is 0 Å². The Hall–Kier alpha value is -1.66. The highest BCUT2D eigenvalue weighted by Gasteiger charge is 2.16. The second-order valence-electron chi connectivity index (χ2n) is 4.88. The molecule has 0 amide bonds. The molecule has 1 aliphatic rings. The van der Waals surface area contributed by atoms with E-state index in [-0.39, 0.29) is 18.1 Å². The number of carbonyl (C=O) groups is 2. The summed E-state index contributed by atoms with van der Waals surface area (Å²) in [7, 11) is 0. The topological polar surface area (TPSA) is 116 Å². The highest BCUT2D eigenvalue weighted by Crippen LogP contribution is 2.14. The van der Waals surface area contributed by atoms with Crippen molar-refractivity contribution in [3.8, 4) is 0 Å². The number of unbranched alkanes of at least 4 members (excludes halogenated alkanes) is 1. The molecule has 5 N–H and O–H groups in total. The maximum atomic E-state index is 10.3. The second kappa shape index (κ2) is 15.7. The van der Waals surface area contributed by atoms with Gasteiger partial charge < -0.3 is 21.3 Å². The van der Waals surface area contributed by atoms with Crippen LogP contribution >= 0.6 is 0 Å². The normalized spacial score (nSPS) is 19.4. The van der Waals surface area contributed by atoms with Crippen molar-refractivity contribution >= 4 is 11.9 Å². The van der Waals surface area contributed by atoms with Crippen molar-refractivity contribution in [1.29, 1.82) is 0 Å². The van der Waals surface area contributed by atoms with Crippen LogP contribution in [-0.2, 0) is 14.3 Å². The molecule has 0 radical (unpaired) electrons. The molecule has 0 spiro atoms. The van der Waals surface area contributed by atoms with Gasteiger partial charge in [-0.25, -0.2) is 9.59 Å². The summed E-state index contributed by atoms with van der Waals surface area (Å²) < 4.78 is 4.67. The molecular weight excluding hydrogens is 284 g/mol. The molecule has 0 aromatic heterocycles. The van der Waals surface area contributed by atoms with Gasteiger partial charge in [-0.15, -0.1) is 0 Å². The number of nitrogens with two attached hydrogens (primary N) is 2. The first-order chi connectivity index (χ1) is 10.4. The highest BCUT2D eigenvalue weighted by molar-refractivity contribution is 5.81. The molecule has 2 unspecified atom stereocenters. The van der Waals surface area contributed by atoms with E-state index in [4.69, 9.17) is 16.6 Å². The molecule has 1 rings (SSSR count). The summed E-state index contributed by atoms with van der Waals surface area (Å²) in [5, 5.41) is 7.60. The molecule has 6 heteroatoms. The molecule has 0 heterocycles. The molecule has 0 aromatic rings. The molecule has 0 aromatic carbocycles. The minimum Gasteiger partial charge on any atom is -0.478 e. The van der Waals surface area contributed by atoms with E-state index in [0.29, 0.717) is 6.61 Å². The van der Waals surface area contributed by atoms with E-state index in [2.05, 4.69) is 17.9 Å². The zero-order valence-electron chi connectivity index (χ0n) is 13.5. The predicted octanol–water partition coefficient (Wildman–Crippen LogP) is 1.99. The number of esters is 1. The summed E-state index contributed by atoms with van der Waals surface area (Å²) in [4.78, 5) is 19.6. The van der Waals surface area contributed by atoms with Crippen molar-refractivity contribution in [2.75, 3.05) is 6.61 Å². The quantitative estimate of drug-likeness (QED) is 0.406. The molecule has 0 aliphatic heterocycles. The van der Waals surface area contributed by atoms with Crippen LogP contribution < -0.4 is 11.5 Å². The maximum absolute atomic E-state index is 10.3. The molecule has 0 saturated heterocycles. The van der Waals surface area contributed by atoms with E-state index < -0.39 is 5.97 Å². The first kappa shape index (κ1) is 22.6. The smallest absolute Gasteiger partial charge is 0.330 e. The van der Waals surface area contributed by atoms with Gasteiger partial charge in [-0.3, -0.25) is 0 Å². The minimum absolute atomic E-state index is 0.281. The largest absolute Gasteiger partial charge is 0.478 e. The summed E-state index contributed by atoms with van der Waals surface area (Å²) in [6.07, 6.45) is 8.78. The van der Waals surface area contributed by atoms with Gasteiger partial charge in [0, 0.05) is 24.2 Å². The number of aliphatic carboxylic acids is 1. The van der Waals surface area contributed by atoms with E-state index >= 15 is 0 Å². The van der Waals surface area contributed by atoms with Crippen LogP contribution in [-0.4, -0.2) is 35.7 Å². The lowest BCUT2D eigenvalue weighted by Gasteiger charge is -2.24. The fraction of sp³-hybridized carbons (Fsp3) is 0.625. The second-order valence-corrected chi connectivity index (χ2v) is 4.88. The number of carboxylic acids is 1. The summed E-state index contributed by atoms with van der Waals surface area (Å²) >= 11 is 0. The number of hydrogen-bond acceptors (Lipinski definition) is 5. The zero-order chi connectivity index (χ0) is 17.4. The summed E-state index contributed by atoms with van der Waals surface area (Å²) in [5.41, 5.74) is 11.3. The standard InChI is InChI=1S/C7H12O2.C6H14N2.C3H4O2/c1-3-5-6-9-7(8)4-2;7-5-3-1-2-4-6(5)8;1-2-3(4)5/h4H,2-3,5-6H2,1H3;5-6H,1-4,7-8H2;2H,1H2,(H,4,5). The Kier molecular flexibility index (Phi) is 16.2. The van der Waals surface area contributed by atoms with Crippen molar-refractivity contribution in [2.45, 2.75) is 57.5 Å². The molecule has 1 fully saturated rings. The van der Waals surface area contributed by atoms with Gasteiger partial charge in [0.05, 0.1) is 6.61 Å². The first-order valence-corrected chi connectivity index (χ1v) is 7.54.